The van der Waals surface area contributed by atoms with Gasteiger partial charge in [-0.1, -0.05) is 53.0 Å². The molecule has 11 heteroatoms. The zero-order valence-corrected chi connectivity index (χ0v) is 21.1. The summed E-state index contributed by atoms with van der Waals surface area (Å²) >= 11 is 18.3. The van der Waals surface area contributed by atoms with Crippen molar-refractivity contribution >= 4 is 52.2 Å². The van der Waals surface area contributed by atoms with E-state index in [2.05, 4.69) is 10.4 Å². The van der Waals surface area contributed by atoms with Crippen molar-refractivity contribution in [3.8, 4) is 5.75 Å². The summed E-state index contributed by atoms with van der Waals surface area (Å²) in [6, 6.07) is 17.9. The van der Waals surface area contributed by atoms with Crippen LogP contribution in [0.15, 0.2) is 66.7 Å². The van der Waals surface area contributed by atoms with Gasteiger partial charge >= 0.3 is 0 Å². The fourth-order valence-electron chi connectivity index (χ4n) is 3.36. The summed E-state index contributed by atoms with van der Waals surface area (Å²) in [5, 5.41) is 19.3. The summed E-state index contributed by atoms with van der Waals surface area (Å²) in [5.41, 5.74) is 2.84. The SMILES string of the molecule is Cc1cc(NC(=O)c2ccc(COc3ccc([N+](=O)[O-])cc3Cl)cc2)nn1Cc1ccc(Cl)cc1Cl. The number of non-ortho nitro benzene ring substituents is 1. The van der Waals surface area contributed by atoms with Crippen molar-refractivity contribution in [2.45, 2.75) is 20.1 Å². The molecule has 4 rings (SSSR count). The van der Waals surface area contributed by atoms with Crippen LogP contribution in [0.3, 0.4) is 0 Å². The van der Waals surface area contributed by atoms with Crippen molar-refractivity contribution in [1.82, 2.24) is 9.78 Å². The Labute approximate surface area is 221 Å². The third kappa shape index (κ3) is 6.15. The van der Waals surface area contributed by atoms with E-state index in [1.54, 1.807) is 47.1 Å². The normalized spacial score (nSPS) is 10.8. The highest BCUT2D eigenvalue weighted by Crippen LogP contribution is 2.29. The zero-order chi connectivity index (χ0) is 25.8. The molecule has 1 amide bonds. The van der Waals surface area contributed by atoms with Gasteiger partial charge in [0.05, 0.1) is 16.5 Å². The summed E-state index contributed by atoms with van der Waals surface area (Å²) in [5.74, 6) is 0.438. The predicted molar refractivity (Wildman–Crippen MR) is 139 cm³/mol. The number of rotatable bonds is 8. The maximum Gasteiger partial charge on any atom is 0.271 e. The quantitative estimate of drug-likeness (QED) is 0.191. The number of halogens is 3. The van der Waals surface area contributed by atoms with Crippen molar-refractivity contribution in [1.29, 1.82) is 0 Å². The van der Waals surface area contributed by atoms with Crippen LogP contribution in [0.25, 0.3) is 0 Å². The van der Waals surface area contributed by atoms with Crippen LogP contribution in [0.1, 0.15) is 27.2 Å². The Morgan fingerprint density at radius 1 is 1.03 bits per heavy atom. The van der Waals surface area contributed by atoms with E-state index in [1.165, 1.54) is 18.2 Å². The molecular weight excluding hydrogens is 527 g/mol. The van der Waals surface area contributed by atoms with Crippen LogP contribution in [-0.2, 0) is 13.2 Å². The maximum atomic E-state index is 12.7. The minimum atomic E-state index is -0.527. The van der Waals surface area contributed by atoms with E-state index in [4.69, 9.17) is 39.5 Å². The Hall–Kier alpha value is -3.59. The highest BCUT2D eigenvalue weighted by Gasteiger charge is 2.13. The lowest BCUT2D eigenvalue weighted by atomic mass is 10.1. The Balaban J connectivity index is 1.36. The standard InChI is InChI=1S/C25H19Cl3N4O4/c1-15-10-24(30-31(15)13-18-6-7-19(26)11-21(18)27)29-25(33)17-4-2-16(3-5-17)14-36-23-9-8-20(32(34)35)12-22(23)28/h2-12H,13-14H2,1H3,(H,29,30,33). The van der Waals surface area contributed by atoms with Crippen LogP contribution < -0.4 is 10.1 Å². The van der Waals surface area contributed by atoms with Crippen LogP contribution in [0.4, 0.5) is 11.5 Å². The summed E-state index contributed by atoms with van der Waals surface area (Å²) in [6.45, 7) is 2.50. The van der Waals surface area contributed by atoms with Crippen LogP contribution in [-0.4, -0.2) is 20.6 Å². The highest BCUT2D eigenvalue weighted by molar-refractivity contribution is 6.35. The summed E-state index contributed by atoms with van der Waals surface area (Å²) in [6.07, 6.45) is 0. The molecule has 4 aromatic rings. The van der Waals surface area contributed by atoms with E-state index in [1.807, 2.05) is 13.0 Å². The fraction of sp³-hybridized carbons (Fsp3) is 0.120. The average molecular weight is 546 g/mol. The van der Waals surface area contributed by atoms with Crippen LogP contribution >= 0.6 is 34.8 Å². The highest BCUT2D eigenvalue weighted by atomic mass is 35.5. The number of ether oxygens (including phenoxy) is 1. The molecule has 0 spiro atoms. The van der Waals surface area contributed by atoms with Gasteiger partial charge in [-0.2, -0.15) is 5.10 Å². The second-order valence-corrected chi connectivity index (χ2v) is 9.13. The number of hydrogen-bond donors (Lipinski definition) is 1. The van der Waals surface area contributed by atoms with E-state index in [9.17, 15) is 14.9 Å². The second kappa shape index (κ2) is 11.0. The first-order chi connectivity index (χ1) is 17.2. The van der Waals surface area contributed by atoms with Crippen molar-refractivity contribution < 1.29 is 14.5 Å². The molecule has 8 nitrogen and oxygen atoms in total. The fourth-order valence-corrected chi connectivity index (χ4v) is 4.06. The molecule has 0 aliphatic carbocycles. The van der Waals surface area contributed by atoms with Crippen molar-refractivity contribution in [2.24, 2.45) is 0 Å². The number of aryl methyl sites for hydroxylation is 1. The topological polar surface area (TPSA) is 99.3 Å². The first kappa shape index (κ1) is 25.5. The van der Waals surface area contributed by atoms with E-state index in [0.29, 0.717) is 33.7 Å². The Bertz CT molecular complexity index is 1440. The molecule has 0 aliphatic heterocycles. The molecule has 36 heavy (non-hydrogen) atoms. The zero-order valence-electron chi connectivity index (χ0n) is 18.9. The number of nitro groups is 1. The summed E-state index contributed by atoms with van der Waals surface area (Å²) in [7, 11) is 0. The molecule has 0 bridgehead atoms. The third-order valence-corrected chi connectivity index (χ3v) is 6.18. The monoisotopic (exact) mass is 544 g/mol. The number of carbonyl (C=O) groups excluding carboxylic acids is 1. The van der Waals surface area contributed by atoms with E-state index in [0.717, 1.165) is 16.8 Å². The van der Waals surface area contributed by atoms with Gasteiger partial charge in [0.25, 0.3) is 11.6 Å². The summed E-state index contributed by atoms with van der Waals surface area (Å²) in [4.78, 5) is 23.0. The number of nitro benzene ring substituents is 1. The van der Waals surface area contributed by atoms with Crippen LogP contribution in [0.5, 0.6) is 5.75 Å². The van der Waals surface area contributed by atoms with E-state index >= 15 is 0 Å². The first-order valence-corrected chi connectivity index (χ1v) is 11.8. The van der Waals surface area contributed by atoms with Gasteiger partial charge in [-0.3, -0.25) is 19.6 Å². The lowest BCUT2D eigenvalue weighted by Crippen LogP contribution is -2.13. The molecule has 1 aromatic heterocycles. The number of carbonyl (C=O) groups is 1. The number of anilines is 1. The molecule has 3 aromatic carbocycles. The van der Waals surface area contributed by atoms with Gasteiger partial charge in [0.15, 0.2) is 5.82 Å². The maximum absolute atomic E-state index is 12.7. The van der Waals surface area contributed by atoms with Gasteiger partial charge in [-0.15, -0.1) is 0 Å². The molecule has 1 heterocycles. The average Bonchev–Trinajstić information content (AvgIpc) is 3.18. The Kier molecular flexibility index (Phi) is 7.79. The largest absolute Gasteiger partial charge is 0.487 e. The minimum absolute atomic E-state index is 0.114. The van der Waals surface area contributed by atoms with E-state index in [-0.39, 0.29) is 23.2 Å². The molecule has 0 saturated carbocycles. The molecule has 0 aliphatic rings. The van der Waals surface area contributed by atoms with Gasteiger partial charge in [-0.25, -0.2) is 0 Å². The van der Waals surface area contributed by atoms with Gasteiger partial charge < -0.3 is 10.1 Å². The molecule has 0 unspecified atom stereocenters. The number of hydrogen-bond acceptors (Lipinski definition) is 5. The minimum Gasteiger partial charge on any atom is -0.487 e. The van der Waals surface area contributed by atoms with Crippen molar-refractivity contribution in [3.63, 3.8) is 0 Å². The first-order valence-electron chi connectivity index (χ1n) is 10.6. The third-order valence-electron chi connectivity index (χ3n) is 5.29. The molecule has 0 radical (unpaired) electrons. The number of benzene rings is 3. The van der Waals surface area contributed by atoms with Gasteiger partial charge in [0.1, 0.15) is 12.4 Å². The summed E-state index contributed by atoms with van der Waals surface area (Å²) < 4.78 is 7.39. The molecule has 0 atom stereocenters. The molecule has 184 valence electrons. The molecule has 0 saturated heterocycles. The smallest absolute Gasteiger partial charge is 0.271 e. The lowest BCUT2D eigenvalue weighted by molar-refractivity contribution is -0.384. The number of amides is 1. The predicted octanol–water partition coefficient (Wildman–Crippen LogP) is 6.94. The van der Waals surface area contributed by atoms with Gasteiger partial charge in [0, 0.05) is 39.5 Å². The number of nitrogens with zero attached hydrogens (tertiary/aromatic N) is 3. The molecule has 0 fully saturated rings. The Morgan fingerprint density at radius 3 is 2.44 bits per heavy atom. The number of nitrogens with one attached hydrogen (secondary N) is 1. The lowest BCUT2D eigenvalue weighted by Gasteiger charge is -2.09. The van der Waals surface area contributed by atoms with Gasteiger partial charge in [0.2, 0.25) is 0 Å². The van der Waals surface area contributed by atoms with Crippen molar-refractivity contribution in [3.05, 3.63) is 114 Å². The van der Waals surface area contributed by atoms with Gasteiger partial charge in [-0.05, 0) is 48.4 Å². The van der Waals surface area contributed by atoms with Crippen LogP contribution in [0.2, 0.25) is 15.1 Å². The second-order valence-electron chi connectivity index (χ2n) is 7.88. The van der Waals surface area contributed by atoms with Crippen LogP contribution in [0, 0.1) is 17.0 Å². The van der Waals surface area contributed by atoms with Crippen molar-refractivity contribution in [2.75, 3.05) is 5.32 Å². The van der Waals surface area contributed by atoms with E-state index < -0.39 is 4.92 Å². The molecular formula is C25H19Cl3N4O4. The Morgan fingerprint density at radius 2 is 1.78 bits per heavy atom. The number of aromatic nitrogens is 2. The molecule has 1 N–H and O–H groups in total.